The van der Waals surface area contributed by atoms with Crippen LogP contribution in [0.5, 0.6) is 17.2 Å². The van der Waals surface area contributed by atoms with Gasteiger partial charge in [-0.3, -0.25) is 4.79 Å². The molecule has 0 aliphatic carbocycles. The molecule has 0 saturated carbocycles. The van der Waals surface area contributed by atoms with Crippen molar-refractivity contribution in [3.8, 4) is 28.4 Å². The number of hydrogen-bond acceptors (Lipinski definition) is 6. The predicted octanol–water partition coefficient (Wildman–Crippen LogP) is 4.43. The molecule has 0 aliphatic rings. The smallest absolute Gasteiger partial charge is 0.344 e. The van der Waals surface area contributed by atoms with Crippen LogP contribution in [0, 0.1) is 5.41 Å². The van der Waals surface area contributed by atoms with Crippen LogP contribution in [0.4, 0.5) is 0 Å². The summed E-state index contributed by atoms with van der Waals surface area (Å²) in [6, 6.07) is 11.9. The van der Waals surface area contributed by atoms with Crippen molar-refractivity contribution in [2.24, 2.45) is 5.41 Å². The zero-order valence-electron chi connectivity index (χ0n) is 16.5. The summed E-state index contributed by atoms with van der Waals surface area (Å²) in [4.78, 5) is 24.6. The highest BCUT2D eigenvalue weighted by atomic mass is 16.5. The highest BCUT2D eigenvalue weighted by Gasteiger charge is 2.24. The van der Waals surface area contributed by atoms with Crippen molar-refractivity contribution in [3.05, 3.63) is 52.9 Å². The minimum absolute atomic E-state index is 0.328. The van der Waals surface area contributed by atoms with Crippen molar-refractivity contribution in [2.75, 3.05) is 14.2 Å². The molecule has 3 aromatic rings. The molecule has 6 nitrogen and oxygen atoms in total. The van der Waals surface area contributed by atoms with E-state index in [1.54, 1.807) is 70.3 Å². The van der Waals surface area contributed by atoms with Crippen molar-refractivity contribution in [1.82, 2.24) is 0 Å². The normalized spacial score (nSPS) is 11.3. The van der Waals surface area contributed by atoms with E-state index in [0.29, 0.717) is 39.3 Å². The third-order valence-corrected chi connectivity index (χ3v) is 4.22. The average Bonchev–Trinajstić information content (AvgIpc) is 2.66. The molecule has 28 heavy (non-hydrogen) atoms. The molecule has 2 aromatic carbocycles. The molecule has 0 atom stereocenters. The number of benzene rings is 2. The minimum Gasteiger partial charge on any atom is -0.493 e. The molecule has 0 N–H and O–H groups in total. The molecule has 0 radical (unpaired) electrons. The van der Waals surface area contributed by atoms with Crippen molar-refractivity contribution in [3.63, 3.8) is 0 Å². The zero-order valence-corrected chi connectivity index (χ0v) is 16.5. The van der Waals surface area contributed by atoms with E-state index < -0.39 is 11.0 Å². The first-order valence-corrected chi connectivity index (χ1v) is 8.75. The molecule has 1 heterocycles. The van der Waals surface area contributed by atoms with E-state index >= 15 is 0 Å². The summed E-state index contributed by atoms with van der Waals surface area (Å²) in [6.45, 7) is 5.31. The van der Waals surface area contributed by atoms with Crippen molar-refractivity contribution in [1.29, 1.82) is 0 Å². The maximum atomic E-state index is 12.5. The second-order valence-corrected chi connectivity index (χ2v) is 7.36. The maximum absolute atomic E-state index is 12.5. The molecule has 0 amide bonds. The number of hydrogen-bond donors (Lipinski definition) is 0. The fraction of sp³-hybridized carbons (Fsp3) is 0.273. The largest absolute Gasteiger partial charge is 0.493 e. The second-order valence-electron chi connectivity index (χ2n) is 7.36. The number of carbonyl (C=O) groups is 1. The van der Waals surface area contributed by atoms with Crippen LogP contribution in [0.1, 0.15) is 20.8 Å². The maximum Gasteiger partial charge on any atom is 0.344 e. The van der Waals surface area contributed by atoms with Gasteiger partial charge < -0.3 is 18.6 Å². The Labute approximate surface area is 162 Å². The van der Waals surface area contributed by atoms with E-state index in [-0.39, 0.29) is 5.97 Å². The Hall–Kier alpha value is -3.28. The Morgan fingerprint density at radius 3 is 2.29 bits per heavy atom. The van der Waals surface area contributed by atoms with Crippen LogP contribution in [-0.2, 0) is 4.79 Å². The summed E-state index contributed by atoms with van der Waals surface area (Å²) in [5.74, 6) is 1.05. The van der Waals surface area contributed by atoms with Gasteiger partial charge in [-0.05, 0) is 56.7 Å². The zero-order chi connectivity index (χ0) is 20.5. The van der Waals surface area contributed by atoms with Crippen LogP contribution in [0.2, 0.25) is 0 Å². The van der Waals surface area contributed by atoms with E-state index in [2.05, 4.69) is 0 Å². The Morgan fingerprint density at radius 2 is 1.64 bits per heavy atom. The van der Waals surface area contributed by atoms with Gasteiger partial charge in [0.05, 0.1) is 25.2 Å². The Kier molecular flexibility index (Phi) is 5.14. The van der Waals surface area contributed by atoms with Crippen molar-refractivity contribution >= 4 is 16.9 Å². The third-order valence-electron chi connectivity index (χ3n) is 4.22. The highest BCUT2D eigenvalue weighted by Crippen LogP contribution is 2.32. The van der Waals surface area contributed by atoms with E-state index in [1.165, 1.54) is 7.11 Å². The van der Waals surface area contributed by atoms with Crippen LogP contribution < -0.4 is 19.8 Å². The Bertz CT molecular complexity index is 1090. The van der Waals surface area contributed by atoms with Crippen LogP contribution in [0.25, 0.3) is 22.1 Å². The van der Waals surface area contributed by atoms with Gasteiger partial charge in [-0.15, -0.1) is 0 Å². The lowest BCUT2D eigenvalue weighted by Crippen LogP contribution is -2.25. The second kappa shape index (κ2) is 7.38. The van der Waals surface area contributed by atoms with Crippen LogP contribution in [0.3, 0.4) is 0 Å². The first-order valence-electron chi connectivity index (χ1n) is 8.75. The standard InChI is InChI=1S/C22H22O6/c1-22(2,3)21(24)27-15-8-6-14-10-16(20(23)28-18(14)12-15)13-7-9-17(25-4)19(11-13)26-5/h6-12H,1-5H3. The molecule has 146 valence electrons. The number of methoxy groups -OCH3 is 2. The van der Waals surface area contributed by atoms with Crippen molar-refractivity contribution in [2.45, 2.75) is 20.8 Å². The van der Waals surface area contributed by atoms with Crippen LogP contribution in [0.15, 0.2) is 51.7 Å². The molecule has 0 bridgehead atoms. The number of carbonyl (C=O) groups excluding carboxylic acids is 1. The molecule has 0 unspecified atom stereocenters. The Balaban J connectivity index is 2.01. The fourth-order valence-corrected chi connectivity index (χ4v) is 2.62. The first-order chi connectivity index (χ1) is 13.2. The molecule has 3 rings (SSSR count). The molecule has 6 heteroatoms. The van der Waals surface area contributed by atoms with Gasteiger partial charge in [0, 0.05) is 11.5 Å². The summed E-state index contributed by atoms with van der Waals surface area (Å²) in [6.07, 6.45) is 0. The third kappa shape index (κ3) is 3.86. The fourth-order valence-electron chi connectivity index (χ4n) is 2.62. The van der Waals surface area contributed by atoms with Crippen LogP contribution in [-0.4, -0.2) is 20.2 Å². The van der Waals surface area contributed by atoms with Gasteiger partial charge in [-0.1, -0.05) is 6.07 Å². The van der Waals surface area contributed by atoms with Gasteiger partial charge in [0.1, 0.15) is 11.3 Å². The van der Waals surface area contributed by atoms with Gasteiger partial charge in [0.25, 0.3) is 0 Å². The number of fused-ring (bicyclic) bond motifs is 1. The Morgan fingerprint density at radius 1 is 0.929 bits per heavy atom. The van der Waals surface area contributed by atoms with Gasteiger partial charge >= 0.3 is 11.6 Å². The topological polar surface area (TPSA) is 75.0 Å². The number of ether oxygens (including phenoxy) is 3. The minimum atomic E-state index is -0.632. The summed E-state index contributed by atoms with van der Waals surface area (Å²) >= 11 is 0. The average molecular weight is 382 g/mol. The van der Waals surface area contributed by atoms with E-state index in [9.17, 15) is 9.59 Å². The van der Waals surface area contributed by atoms with Gasteiger partial charge in [0.15, 0.2) is 11.5 Å². The molecular formula is C22H22O6. The monoisotopic (exact) mass is 382 g/mol. The van der Waals surface area contributed by atoms with Crippen molar-refractivity contribution < 1.29 is 23.4 Å². The molecule has 0 aliphatic heterocycles. The lowest BCUT2D eigenvalue weighted by molar-refractivity contribution is -0.142. The number of rotatable bonds is 4. The quantitative estimate of drug-likeness (QED) is 0.378. The lowest BCUT2D eigenvalue weighted by Gasteiger charge is -2.16. The highest BCUT2D eigenvalue weighted by molar-refractivity contribution is 5.84. The molecule has 0 spiro atoms. The van der Waals surface area contributed by atoms with Gasteiger partial charge in [-0.25, -0.2) is 4.79 Å². The number of esters is 1. The summed E-state index contributed by atoms with van der Waals surface area (Å²) in [5.41, 5.74) is 0.254. The SMILES string of the molecule is COc1ccc(-c2cc3ccc(OC(=O)C(C)(C)C)cc3oc2=O)cc1OC. The van der Waals surface area contributed by atoms with Crippen LogP contribution >= 0.6 is 0 Å². The van der Waals surface area contributed by atoms with Gasteiger partial charge in [-0.2, -0.15) is 0 Å². The molecular weight excluding hydrogens is 360 g/mol. The van der Waals surface area contributed by atoms with E-state index in [0.717, 1.165) is 0 Å². The molecule has 0 fully saturated rings. The predicted molar refractivity (Wildman–Crippen MR) is 106 cm³/mol. The molecule has 0 saturated heterocycles. The lowest BCUT2D eigenvalue weighted by atomic mass is 9.97. The van der Waals surface area contributed by atoms with E-state index in [1.807, 2.05) is 0 Å². The summed E-state index contributed by atoms with van der Waals surface area (Å²) in [5, 5.41) is 0.708. The van der Waals surface area contributed by atoms with E-state index in [4.69, 9.17) is 18.6 Å². The molecule has 1 aromatic heterocycles. The summed E-state index contributed by atoms with van der Waals surface area (Å²) in [7, 11) is 3.08. The summed E-state index contributed by atoms with van der Waals surface area (Å²) < 4.78 is 21.4. The van der Waals surface area contributed by atoms with Gasteiger partial charge in [0.2, 0.25) is 0 Å². The first kappa shape index (κ1) is 19.5.